The molecule has 0 aliphatic heterocycles. The number of carbonyl (C=O) groups excluding carboxylic acids is 1. The van der Waals surface area contributed by atoms with Crippen molar-refractivity contribution in [3.8, 4) is 5.75 Å². The van der Waals surface area contributed by atoms with Crippen LogP contribution in [-0.2, 0) is 4.79 Å². The molecule has 0 bridgehead atoms. The molecule has 2 aromatic rings. The van der Waals surface area contributed by atoms with Gasteiger partial charge in [-0.3, -0.25) is 4.79 Å². The zero-order valence-corrected chi connectivity index (χ0v) is 12.9. The van der Waals surface area contributed by atoms with Gasteiger partial charge in [0.2, 0.25) is 0 Å². The van der Waals surface area contributed by atoms with E-state index in [9.17, 15) is 9.59 Å². The summed E-state index contributed by atoms with van der Waals surface area (Å²) < 4.78 is 5.51. The maximum atomic E-state index is 12.6. The molecule has 4 nitrogen and oxygen atoms in total. The minimum atomic E-state index is -1.46. The number of carbonyl (C=O) groups is 2. The van der Waals surface area contributed by atoms with E-state index in [0.717, 1.165) is 0 Å². The fraction of sp³-hybridized carbons (Fsp3) is 0.176. The van der Waals surface area contributed by atoms with Crippen LogP contribution < -0.4 is 4.74 Å². The Morgan fingerprint density at radius 2 is 1.73 bits per heavy atom. The first kappa shape index (κ1) is 16.0. The number of carboxylic acid groups (broad SMARTS) is 1. The van der Waals surface area contributed by atoms with Crippen molar-refractivity contribution >= 4 is 23.4 Å². The second kappa shape index (κ2) is 6.20. The van der Waals surface area contributed by atoms with Crippen molar-refractivity contribution in [1.29, 1.82) is 0 Å². The normalized spacial score (nSPS) is 11.0. The van der Waals surface area contributed by atoms with E-state index in [1.54, 1.807) is 36.4 Å². The first-order valence-electron chi connectivity index (χ1n) is 6.63. The predicted molar refractivity (Wildman–Crippen MR) is 83.7 cm³/mol. The van der Waals surface area contributed by atoms with Gasteiger partial charge in [0.05, 0.1) is 5.56 Å². The van der Waals surface area contributed by atoms with Crippen molar-refractivity contribution < 1.29 is 19.4 Å². The molecule has 2 aromatic carbocycles. The van der Waals surface area contributed by atoms with Gasteiger partial charge in [-0.05, 0) is 32.0 Å². The van der Waals surface area contributed by atoms with E-state index in [1.807, 2.05) is 0 Å². The molecule has 0 saturated heterocycles. The molecule has 0 heterocycles. The lowest BCUT2D eigenvalue weighted by molar-refractivity contribution is -0.152. The van der Waals surface area contributed by atoms with E-state index in [2.05, 4.69) is 0 Å². The van der Waals surface area contributed by atoms with Crippen LogP contribution in [-0.4, -0.2) is 22.5 Å². The van der Waals surface area contributed by atoms with Crippen LogP contribution in [0.2, 0.25) is 5.02 Å². The topological polar surface area (TPSA) is 63.6 Å². The number of rotatable bonds is 5. The Morgan fingerprint density at radius 3 is 2.32 bits per heavy atom. The number of benzene rings is 2. The van der Waals surface area contributed by atoms with Crippen LogP contribution in [0.3, 0.4) is 0 Å². The van der Waals surface area contributed by atoms with E-state index < -0.39 is 11.6 Å². The van der Waals surface area contributed by atoms with Gasteiger partial charge in [0.25, 0.3) is 0 Å². The van der Waals surface area contributed by atoms with Gasteiger partial charge in [0, 0.05) is 10.6 Å². The third kappa shape index (κ3) is 3.46. The molecule has 0 aliphatic rings. The summed E-state index contributed by atoms with van der Waals surface area (Å²) >= 11 is 5.96. The van der Waals surface area contributed by atoms with Crippen LogP contribution in [0.25, 0.3) is 0 Å². The first-order chi connectivity index (χ1) is 10.3. The lowest BCUT2D eigenvalue weighted by Gasteiger charge is -2.23. The van der Waals surface area contributed by atoms with Crippen molar-refractivity contribution in [1.82, 2.24) is 0 Å². The van der Waals surface area contributed by atoms with E-state index in [-0.39, 0.29) is 17.1 Å². The van der Waals surface area contributed by atoms with Gasteiger partial charge in [-0.1, -0.05) is 41.9 Å². The monoisotopic (exact) mass is 318 g/mol. The number of ether oxygens (including phenoxy) is 1. The van der Waals surface area contributed by atoms with Gasteiger partial charge < -0.3 is 9.84 Å². The Hall–Kier alpha value is -2.33. The molecule has 0 fully saturated rings. The van der Waals surface area contributed by atoms with Crippen molar-refractivity contribution in [2.75, 3.05) is 0 Å². The number of hydrogen-bond donors (Lipinski definition) is 1. The molecule has 0 radical (unpaired) electrons. The Labute approximate surface area is 133 Å². The minimum Gasteiger partial charge on any atom is -0.478 e. The maximum Gasteiger partial charge on any atom is 0.347 e. The molecule has 1 N–H and O–H groups in total. The summed E-state index contributed by atoms with van der Waals surface area (Å²) in [4.78, 5) is 23.8. The maximum absolute atomic E-state index is 12.6. The lowest BCUT2D eigenvalue weighted by Crippen LogP contribution is -2.38. The van der Waals surface area contributed by atoms with Crippen LogP contribution >= 0.6 is 11.6 Å². The summed E-state index contributed by atoms with van der Waals surface area (Å²) in [6.07, 6.45) is 0. The zero-order chi connectivity index (χ0) is 16.3. The Morgan fingerprint density at radius 1 is 1.09 bits per heavy atom. The third-order valence-corrected chi connectivity index (χ3v) is 3.34. The smallest absolute Gasteiger partial charge is 0.347 e. The molecule has 0 atom stereocenters. The summed E-state index contributed by atoms with van der Waals surface area (Å²) in [7, 11) is 0. The molecule has 114 valence electrons. The molecular formula is C17H15ClO4. The van der Waals surface area contributed by atoms with Crippen molar-refractivity contribution in [2.45, 2.75) is 19.4 Å². The number of aliphatic carboxylic acids is 1. The number of halogens is 1. The molecule has 22 heavy (non-hydrogen) atoms. The number of ketones is 1. The highest BCUT2D eigenvalue weighted by atomic mass is 35.5. The molecule has 0 unspecified atom stereocenters. The van der Waals surface area contributed by atoms with E-state index >= 15 is 0 Å². The van der Waals surface area contributed by atoms with Gasteiger partial charge in [0.1, 0.15) is 5.75 Å². The first-order valence-corrected chi connectivity index (χ1v) is 7.01. The number of hydrogen-bond acceptors (Lipinski definition) is 3. The van der Waals surface area contributed by atoms with E-state index in [1.165, 1.54) is 26.0 Å². The largest absolute Gasteiger partial charge is 0.478 e. The third-order valence-electron chi connectivity index (χ3n) is 3.10. The molecule has 0 aliphatic carbocycles. The summed E-state index contributed by atoms with van der Waals surface area (Å²) in [5.41, 5.74) is -0.754. The van der Waals surface area contributed by atoms with E-state index in [0.29, 0.717) is 10.6 Å². The molecule has 0 spiro atoms. The van der Waals surface area contributed by atoms with Gasteiger partial charge in [0.15, 0.2) is 11.4 Å². The summed E-state index contributed by atoms with van der Waals surface area (Å²) in [5.74, 6) is -1.22. The SMILES string of the molecule is CC(C)(Oc1ccc(Cl)cc1C(=O)c1ccccc1)C(=O)O. The Kier molecular flexibility index (Phi) is 4.52. The Bertz CT molecular complexity index is 708. The molecule has 0 aromatic heterocycles. The highest BCUT2D eigenvalue weighted by Crippen LogP contribution is 2.28. The second-order valence-corrected chi connectivity index (χ2v) is 5.69. The van der Waals surface area contributed by atoms with Crippen molar-refractivity contribution in [2.24, 2.45) is 0 Å². The zero-order valence-electron chi connectivity index (χ0n) is 12.2. The molecule has 5 heteroatoms. The Balaban J connectivity index is 2.45. The van der Waals surface area contributed by atoms with Gasteiger partial charge in [-0.15, -0.1) is 0 Å². The van der Waals surface area contributed by atoms with E-state index in [4.69, 9.17) is 21.4 Å². The summed E-state index contributed by atoms with van der Waals surface area (Å²) in [5, 5.41) is 9.54. The van der Waals surface area contributed by atoms with Gasteiger partial charge in [-0.2, -0.15) is 0 Å². The molecule has 0 amide bonds. The van der Waals surface area contributed by atoms with Crippen LogP contribution in [0, 0.1) is 0 Å². The van der Waals surface area contributed by atoms with Gasteiger partial charge >= 0.3 is 5.97 Å². The van der Waals surface area contributed by atoms with Crippen LogP contribution in [0.4, 0.5) is 0 Å². The average molecular weight is 319 g/mol. The molecular weight excluding hydrogens is 304 g/mol. The fourth-order valence-corrected chi connectivity index (χ4v) is 2.00. The minimum absolute atomic E-state index is 0.186. The molecule has 0 saturated carbocycles. The summed E-state index contributed by atoms with van der Waals surface area (Å²) in [6.45, 7) is 2.83. The number of carboxylic acids is 1. The fourth-order valence-electron chi connectivity index (χ4n) is 1.83. The van der Waals surface area contributed by atoms with Crippen LogP contribution in [0.1, 0.15) is 29.8 Å². The lowest BCUT2D eigenvalue weighted by atomic mass is 10.0. The van der Waals surface area contributed by atoms with Crippen molar-refractivity contribution in [3.05, 3.63) is 64.7 Å². The van der Waals surface area contributed by atoms with Crippen LogP contribution in [0.5, 0.6) is 5.75 Å². The standard InChI is InChI=1S/C17H15ClO4/c1-17(2,16(20)21)22-14-9-8-12(18)10-13(14)15(19)11-6-4-3-5-7-11/h3-10H,1-2H3,(H,20,21). The highest BCUT2D eigenvalue weighted by Gasteiger charge is 2.31. The quantitative estimate of drug-likeness (QED) is 0.851. The average Bonchev–Trinajstić information content (AvgIpc) is 2.49. The highest BCUT2D eigenvalue weighted by molar-refractivity contribution is 6.31. The van der Waals surface area contributed by atoms with Crippen LogP contribution in [0.15, 0.2) is 48.5 Å². The second-order valence-electron chi connectivity index (χ2n) is 5.25. The summed E-state index contributed by atoms with van der Waals surface area (Å²) in [6, 6.07) is 13.2. The van der Waals surface area contributed by atoms with Crippen molar-refractivity contribution in [3.63, 3.8) is 0 Å². The molecule has 2 rings (SSSR count). The van der Waals surface area contributed by atoms with Gasteiger partial charge in [-0.25, -0.2) is 4.79 Å². The predicted octanol–water partition coefficient (Wildman–Crippen LogP) is 3.81.